The standard InChI is InChI=1S/C18H23ClN6/c1-12(2)11-24-18(19)17(13(3)22-24)14-5-4-10-23(14)16-7-8-20-15-6-9-21-25(15)16/h6-9,12,14H,4-5,10-11H2,1-3H3. The highest BCUT2D eigenvalue weighted by Crippen LogP contribution is 2.40. The van der Waals surface area contributed by atoms with Crippen LogP contribution in [0.1, 0.15) is 44.0 Å². The molecule has 3 aromatic rings. The molecular formula is C18H23ClN6. The Kier molecular flexibility index (Phi) is 4.15. The fourth-order valence-corrected chi connectivity index (χ4v) is 4.16. The quantitative estimate of drug-likeness (QED) is 0.710. The smallest absolute Gasteiger partial charge is 0.157 e. The van der Waals surface area contributed by atoms with Crippen molar-refractivity contribution in [3.8, 4) is 0 Å². The molecular weight excluding hydrogens is 336 g/mol. The lowest BCUT2D eigenvalue weighted by molar-refractivity contribution is 0.481. The van der Waals surface area contributed by atoms with E-state index < -0.39 is 0 Å². The van der Waals surface area contributed by atoms with Crippen LogP contribution in [0.3, 0.4) is 0 Å². The van der Waals surface area contributed by atoms with Gasteiger partial charge in [0, 0.05) is 30.9 Å². The highest BCUT2D eigenvalue weighted by molar-refractivity contribution is 6.30. The summed E-state index contributed by atoms with van der Waals surface area (Å²) in [5.41, 5.74) is 3.03. The molecule has 1 atom stereocenters. The van der Waals surface area contributed by atoms with Crippen molar-refractivity contribution in [1.82, 2.24) is 24.4 Å². The normalized spacial score (nSPS) is 18.0. The fraction of sp³-hybridized carbons (Fsp3) is 0.500. The van der Waals surface area contributed by atoms with E-state index in [0.717, 1.165) is 53.8 Å². The Morgan fingerprint density at radius 2 is 2.12 bits per heavy atom. The highest BCUT2D eigenvalue weighted by Gasteiger charge is 2.33. The van der Waals surface area contributed by atoms with Crippen molar-refractivity contribution < 1.29 is 0 Å². The lowest BCUT2D eigenvalue weighted by atomic mass is 10.1. The maximum absolute atomic E-state index is 6.74. The number of nitrogens with zero attached hydrogens (tertiary/aromatic N) is 6. The number of anilines is 1. The Hall–Kier alpha value is -2.08. The lowest BCUT2D eigenvalue weighted by Gasteiger charge is -2.27. The van der Waals surface area contributed by atoms with Crippen molar-refractivity contribution in [2.45, 2.75) is 46.2 Å². The molecule has 6 nitrogen and oxygen atoms in total. The van der Waals surface area contributed by atoms with E-state index in [0.29, 0.717) is 5.92 Å². The Morgan fingerprint density at radius 3 is 2.92 bits per heavy atom. The van der Waals surface area contributed by atoms with Gasteiger partial charge in [0.1, 0.15) is 11.0 Å². The van der Waals surface area contributed by atoms with Gasteiger partial charge in [-0.05, 0) is 31.7 Å². The minimum atomic E-state index is 0.225. The Labute approximate surface area is 152 Å². The van der Waals surface area contributed by atoms with E-state index >= 15 is 0 Å². The van der Waals surface area contributed by atoms with Gasteiger partial charge in [-0.25, -0.2) is 4.98 Å². The average molecular weight is 359 g/mol. The van der Waals surface area contributed by atoms with Crippen LogP contribution in [0.2, 0.25) is 5.15 Å². The number of hydrogen-bond donors (Lipinski definition) is 0. The maximum atomic E-state index is 6.74. The molecule has 0 N–H and O–H groups in total. The van der Waals surface area contributed by atoms with Crippen LogP contribution in [0.4, 0.5) is 5.82 Å². The second-order valence-electron chi connectivity index (χ2n) is 7.12. The summed E-state index contributed by atoms with van der Waals surface area (Å²) >= 11 is 6.74. The molecule has 1 aliphatic rings. The molecule has 4 heterocycles. The highest BCUT2D eigenvalue weighted by atomic mass is 35.5. The molecule has 7 heteroatoms. The van der Waals surface area contributed by atoms with Crippen molar-refractivity contribution in [3.05, 3.63) is 40.9 Å². The first kappa shape index (κ1) is 16.4. The largest absolute Gasteiger partial charge is 0.349 e. The molecule has 1 saturated heterocycles. The van der Waals surface area contributed by atoms with Crippen LogP contribution in [0.15, 0.2) is 24.5 Å². The number of aryl methyl sites for hydroxylation is 1. The van der Waals surface area contributed by atoms with Crippen LogP contribution < -0.4 is 4.90 Å². The Morgan fingerprint density at radius 1 is 1.28 bits per heavy atom. The molecule has 0 saturated carbocycles. The topological polar surface area (TPSA) is 51.2 Å². The molecule has 0 radical (unpaired) electrons. The molecule has 0 aliphatic carbocycles. The summed E-state index contributed by atoms with van der Waals surface area (Å²) in [6, 6.07) is 4.18. The summed E-state index contributed by atoms with van der Waals surface area (Å²) in [5.74, 6) is 1.57. The van der Waals surface area contributed by atoms with E-state index in [2.05, 4.69) is 35.8 Å². The van der Waals surface area contributed by atoms with Crippen molar-refractivity contribution in [2.75, 3.05) is 11.4 Å². The van der Waals surface area contributed by atoms with Crippen LogP contribution in [0, 0.1) is 12.8 Å². The van der Waals surface area contributed by atoms with Crippen LogP contribution >= 0.6 is 11.6 Å². The van der Waals surface area contributed by atoms with Gasteiger partial charge in [-0.3, -0.25) is 4.68 Å². The molecule has 3 aromatic heterocycles. The van der Waals surface area contributed by atoms with Gasteiger partial charge in [-0.1, -0.05) is 25.4 Å². The molecule has 25 heavy (non-hydrogen) atoms. The van der Waals surface area contributed by atoms with E-state index in [9.17, 15) is 0 Å². The molecule has 1 aliphatic heterocycles. The first-order valence-electron chi connectivity index (χ1n) is 8.84. The minimum Gasteiger partial charge on any atom is -0.349 e. The second-order valence-corrected chi connectivity index (χ2v) is 7.48. The maximum Gasteiger partial charge on any atom is 0.157 e. The SMILES string of the molecule is Cc1nn(CC(C)C)c(Cl)c1C1CCCN1c1ccnc2ccnn12. The van der Waals surface area contributed by atoms with Crippen LogP contribution in [0.5, 0.6) is 0 Å². The molecule has 1 unspecified atom stereocenters. The van der Waals surface area contributed by atoms with E-state index in [1.54, 1.807) is 6.20 Å². The van der Waals surface area contributed by atoms with Gasteiger partial charge in [0.05, 0.1) is 17.9 Å². The zero-order valence-electron chi connectivity index (χ0n) is 14.9. The summed E-state index contributed by atoms with van der Waals surface area (Å²) in [4.78, 5) is 6.76. The lowest BCUT2D eigenvalue weighted by Crippen LogP contribution is -2.25. The molecule has 0 bridgehead atoms. The van der Waals surface area contributed by atoms with Crippen molar-refractivity contribution in [1.29, 1.82) is 0 Å². The summed E-state index contributed by atoms with van der Waals surface area (Å²) in [6.07, 6.45) is 5.83. The monoisotopic (exact) mass is 358 g/mol. The molecule has 0 amide bonds. The molecule has 4 rings (SSSR count). The zero-order chi connectivity index (χ0) is 17.6. The summed E-state index contributed by atoms with van der Waals surface area (Å²) in [7, 11) is 0. The average Bonchev–Trinajstić information content (AvgIpc) is 3.26. The van der Waals surface area contributed by atoms with Crippen molar-refractivity contribution in [2.24, 2.45) is 5.92 Å². The third-order valence-corrected chi connectivity index (χ3v) is 5.20. The summed E-state index contributed by atoms with van der Waals surface area (Å²) in [5, 5.41) is 9.91. The summed E-state index contributed by atoms with van der Waals surface area (Å²) in [6.45, 7) is 8.24. The van der Waals surface area contributed by atoms with E-state index in [1.165, 1.54) is 0 Å². The molecule has 132 valence electrons. The number of rotatable bonds is 4. The third kappa shape index (κ3) is 2.78. The van der Waals surface area contributed by atoms with Crippen molar-refractivity contribution >= 4 is 23.1 Å². The third-order valence-electron chi connectivity index (χ3n) is 4.80. The van der Waals surface area contributed by atoms with E-state index in [4.69, 9.17) is 16.7 Å². The van der Waals surface area contributed by atoms with Gasteiger partial charge < -0.3 is 4.90 Å². The number of fused-ring (bicyclic) bond motifs is 1. The predicted molar refractivity (Wildman–Crippen MR) is 99.1 cm³/mol. The van der Waals surface area contributed by atoms with Gasteiger partial charge in [0.15, 0.2) is 5.65 Å². The second kappa shape index (κ2) is 6.33. The summed E-state index contributed by atoms with van der Waals surface area (Å²) < 4.78 is 3.85. The molecule has 0 spiro atoms. The van der Waals surface area contributed by atoms with Crippen molar-refractivity contribution in [3.63, 3.8) is 0 Å². The Bertz CT molecular complexity index is 896. The van der Waals surface area contributed by atoms with E-state index in [-0.39, 0.29) is 6.04 Å². The van der Waals surface area contributed by atoms with E-state index in [1.807, 2.05) is 27.5 Å². The fourth-order valence-electron chi connectivity index (χ4n) is 3.79. The number of halogens is 1. The van der Waals surface area contributed by atoms with Crippen LogP contribution in [-0.4, -0.2) is 30.9 Å². The first-order valence-corrected chi connectivity index (χ1v) is 9.22. The van der Waals surface area contributed by atoms with Gasteiger partial charge in [0.2, 0.25) is 0 Å². The van der Waals surface area contributed by atoms with Gasteiger partial charge in [-0.2, -0.15) is 14.7 Å². The Balaban J connectivity index is 1.76. The minimum absolute atomic E-state index is 0.225. The van der Waals surface area contributed by atoms with Gasteiger partial charge in [0.25, 0.3) is 0 Å². The first-order chi connectivity index (χ1) is 12.1. The van der Waals surface area contributed by atoms with Crippen LogP contribution in [-0.2, 0) is 6.54 Å². The number of hydrogen-bond acceptors (Lipinski definition) is 4. The predicted octanol–water partition coefficient (Wildman–Crippen LogP) is 3.89. The molecule has 0 aromatic carbocycles. The molecule has 1 fully saturated rings. The zero-order valence-corrected chi connectivity index (χ0v) is 15.6. The van der Waals surface area contributed by atoms with Gasteiger partial charge in [-0.15, -0.1) is 0 Å². The number of aromatic nitrogens is 5. The van der Waals surface area contributed by atoms with Crippen LogP contribution in [0.25, 0.3) is 5.65 Å². The van der Waals surface area contributed by atoms with Gasteiger partial charge >= 0.3 is 0 Å².